The van der Waals surface area contributed by atoms with E-state index in [4.69, 9.17) is 10.5 Å². The number of nitrogens with one attached hydrogen (secondary N) is 1. The van der Waals surface area contributed by atoms with Gasteiger partial charge in [-0.2, -0.15) is 0 Å². The molecule has 1 amide bonds. The van der Waals surface area contributed by atoms with Crippen LogP contribution in [0.2, 0.25) is 0 Å². The van der Waals surface area contributed by atoms with E-state index in [2.05, 4.69) is 5.32 Å². The molecular weight excluding hydrogens is 242 g/mol. The second kappa shape index (κ2) is 6.98. The molecule has 96 valence electrons. The number of amides is 1. The fourth-order valence-electron chi connectivity index (χ4n) is 1.30. The van der Waals surface area contributed by atoms with Gasteiger partial charge in [0, 0.05) is 5.69 Å². The maximum atomic E-state index is 11.5. The van der Waals surface area contributed by atoms with Crippen LogP contribution in [0.15, 0.2) is 18.2 Å². The predicted molar refractivity (Wildman–Crippen MR) is 65.7 cm³/mol. The number of halogens is 1. The van der Waals surface area contributed by atoms with Gasteiger partial charge in [0.05, 0.1) is 19.3 Å². The number of hydrogen-bond donors (Lipinski definition) is 2. The van der Waals surface area contributed by atoms with Crippen molar-refractivity contribution >= 4 is 17.3 Å². The van der Waals surface area contributed by atoms with Crippen LogP contribution < -0.4 is 28.2 Å². The minimum absolute atomic E-state index is 0. The molecule has 0 saturated carbocycles. The number of nitrogens with zero attached hydrogens (tertiary/aromatic N) is 1. The molecule has 0 bridgehead atoms. The summed E-state index contributed by atoms with van der Waals surface area (Å²) < 4.78 is 5.02. The number of ether oxygens (including phenoxy) is 1. The van der Waals surface area contributed by atoms with Crippen LogP contribution in [-0.2, 0) is 4.79 Å². The Morgan fingerprint density at radius 2 is 2.18 bits per heavy atom. The van der Waals surface area contributed by atoms with Gasteiger partial charge < -0.3 is 33.1 Å². The number of carbonyl (C=O) groups is 1. The van der Waals surface area contributed by atoms with Crippen molar-refractivity contribution in [3.63, 3.8) is 0 Å². The molecule has 0 aliphatic carbocycles. The maximum Gasteiger partial charge on any atom is 1.00 e. The van der Waals surface area contributed by atoms with Gasteiger partial charge in [-0.3, -0.25) is 4.79 Å². The molecule has 1 aromatic rings. The Bertz CT molecular complexity index is 389. The summed E-state index contributed by atoms with van der Waals surface area (Å²) in [6.07, 6.45) is 0. The highest BCUT2D eigenvalue weighted by Crippen LogP contribution is 2.24. The van der Waals surface area contributed by atoms with Gasteiger partial charge >= 0.3 is 1.43 Å². The van der Waals surface area contributed by atoms with Crippen molar-refractivity contribution in [2.75, 3.05) is 38.8 Å². The number of nitrogens with two attached hydrogens (primary N) is 1. The molecule has 6 heteroatoms. The van der Waals surface area contributed by atoms with Crippen molar-refractivity contribution in [3.05, 3.63) is 18.2 Å². The minimum Gasteiger partial charge on any atom is -1.00 e. The lowest BCUT2D eigenvalue weighted by Gasteiger charge is -2.11. The first-order chi connectivity index (χ1) is 7.52. The number of carbonyl (C=O) groups excluding carboxylic acids is 1. The first-order valence-corrected chi connectivity index (χ1v) is 4.91. The summed E-state index contributed by atoms with van der Waals surface area (Å²) in [5, 5.41) is 2.75. The summed E-state index contributed by atoms with van der Waals surface area (Å²) in [6.45, 7) is 0.339. The third-order valence-electron chi connectivity index (χ3n) is 1.97. The smallest absolute Gasteiger partial charge is 1.00 e. The van der Waals surface area contributed by atoms with Crippen LogP contribution in [0.3, 0.4) is 0 Å². The number of benzene rings is 1. The number of hydrogen-bond acceptors (Lipinski definition) is 4. The molecule has 0 fully saturated rings. The van der Waals surface area contributed by atoms with E-state index < -0.39 is 0 Å². The van der Waals surface area contributed by atoms with Crippen LogP contribution in [-0.4, -0.2) is 38.6 Å². The van der Waals surface area contributed by atoms with E-state index in [-0.39, 0.29) is 19.7 Å². The largest absolute Gasteiger partial charge is 1.00 e. The Labute approximate surface area is 109 Å². The van der Waals surface area contributed by atoms with Crippen LogP contribution in [0.4, 0.5) is 11.4 Å². The highest BCUT2D eigenvalue weighted by molar-refractivity contribution is 5.92. The van der Waals surface area contributed by atoms with Crippen LogP contribution in [0.1, 0.15) is 1.43 Å². The second-order valence-corrected chi connectivity index (χ2v) is 3.74. The fraction of sp³-hybridized carbons (Fsp3) is 0.364. The van der Waals surface area contributed by atoms with Gasteiger partial charge in [0.25, 0.3) is 0 Å². The highest BCUT2D eigenvalue weighted by atomic mass is 35.5. The molecule has 0 aromatic heterocycles. The zero-order valence-corrected chi connectivity index (χ0v) is 10.9. The summed E-state index contributed by atoms with van der Waals surface area (Å²) in [7, 11) is 5.22. The van der Waals surface area contributed by atoms with Crippen molar-refractivity contribution in [2.24, 2.45) is 0 Å². The van der Waals surface area contributed by atoms with E-state index in [1.165, 1.54) is 0 Å². The molecule has 0 saturated heterocycles. The fourth-order valence-corrected chi connectivity index (χ4v) is 1.30. The molecule has 0 heterocycles. The molecule has 0 aliphatic heterocycles. The maximum absolute atomic E-state index is 11.5. The molecule has 1 aromatic carbocycles. The third kappa shape index (κ3) is 4.93. The molecule has 0 spiro atoms. The summed E-state index contributed by atoms with van der Waals surface area (Å²) in [6, 6.07) is 5.15. The van der Waals surface area contributed by atoms with Gasteiger partial charge in [-0.1, -0.05) is 0 Å². The van der Waals surface area contributed by atoms with Crippen molar-refractivity contribution in [1.82, 2.24) is 4.90 Å². The normalized spacial score (nSPS) is 9.65. The van der Waals surface area contributed by atoms with E-state index in [0.29, 0.717) is 23.7 Å². The summed E-state index contributed by atoms with van der Waals surface area (Å²) in [5.41, 5.74) is 6.90. The molecule has 0 atom stereocenters. The Balaban J connectivity index is 0. The van der Waals surface area contributed by atoms with E-state index in [0.717, 1.165) is 0 Å². The van der Waals surface area contributed by atoms with Gasteiger partial charge in [-0.05, 0) is 32.3 Å². The standard InChI is InChI=1S/C11H17N3O2.ClH/c1-14(2)7-11(15)13-8-4-5-10(16-3)9(12)6-8;/h4-6H,7,12H2,1-3H3,(H,13,15);1H. The van der Waals surface area contributed by atoms with Crippen LogP contribution in [0.25, 0.3) is 0 Å². The first kappa shape index (κ1) is 15.5. The molecule has 17 heavy (non-hydrogen) atoms. The van der Waals surface area contributed by atoms with E-state index >= 15 is 0 Å². The van der Waals surface area contributed by atoms with Crippen molar-refractivity contribution in [3.8, 4) is 5.75 Å². The van der Waals surface area contributed by atoms with Gasteiger partial charge in [0.2, 0.25) is 5.91 Å². The molecular formula is C11H18ClN3O2. The third-order valence-corrected chi connectivity index (χ3v) is 1.97. The number of methoxy groups -OCH3 is 1. The Kier molecular flexibility index (Phi) is 6.38. The van der Waals surface area contributed by atoms with Crippen molar-refractivity contribution in [1.29, 1.82) is 0 Å². The summed E-state index contributed by atoms with van der Waals surface area (Å²) >= 11 is 0. The number of likely N-dealkylation sites (N-methyl/N-ethyl adjacent to an activating group) is 1. The number of anilines is 2. The van der Waals surface area contributed by atoms with Crippen molar-refractivity contribution < 1.29 is 23.4 Å². The molecule has 0 aliphatic rings. The number of rotatable bonds is 4. The van der Waals surface area contributed by atoms with Gasteiger partial charge in [-0.15, -0.1) is 0 Å². The molecule has 5 nitrogen and oxygen atoms in total. The van der Waals surface area contributed by atoms with Gasteiger partial charge in [0.1, 0.15) is 5.75 Å². The van der Waals surface area contributed by atoms with Crippen molar-refractivity contribution in [2.45, 2.75) is 0 Å². The van der Waals surface area contributed by atoms with E-state index in [9.17, 15) is 4.79 Å². The first-order valence-electron chi connectivity index (χ1n) is 4.91. The minimum atomic E-state index is -0.0745. The van der Waals surface area contributed by atoms with E-state index in [1.54, 1.807) is 30.2 Å². The zero-order chi connectivity index (χ0) is 12.1. The van der Waals surface area contributed by atoms with E-state index in [1.807, 2.05) is 14.1 Å². The summed E-state index contributed by atoms with van der Waals surface area (Å²) in [4.78, 5) is 13.3. The number of nitrogen functional groups attached to an aromatic ring is 1. The molecule has 1 rings (SSSR count). The topological polar surface area (TPSA) is 67.6 Å². The summed E-state index contributed by atoms with van der Waals surface area (Å²) in [5.74, 6) is 0.528. The second-order valence-electron chi connectivity index (χ2n) is 3.74. The van der Waals surface area contributed by atoms with Gasteiger partial charge in [-0.25, -0.2) is 0 Å². The average Bonchev–Trinajstić information content (AvgIpc) is 2.16. The molecule has 0 radical (unpaired) electrons. The van der Waals surface area contributed by atoms with Crippen LogP contribution >= 0.6 is 0 Å². The lowest BCUT2D eigenvalue weighted by atomic mass is 10.2. The Morgan fingerprint density at radius 1 is 1.53 bits per heavy atom. The Hall–Kier alpha value is -1.46. The molecule has 3 N–H and O–H groups in total. The molecule has 0 unspecified atom stereocenters. The predicted octanol–water partition coefficient (Wildman–Crippen LogP) is -2.11. The highest BCUT2D eigenvalue weighted by Gasteiger charge is 2.05. The SMILES string of the molecule is COc1ccc(NC(=O)CN(C)C)cc1N.[Cl-].[H+]. The monoisotopic (exact) mass is 259 g/mol. The Morgan fingerprint density at radius 3 is 2.65 bits per heavy atom. The zero-order valence-electron chi connectivity index (χ0n) is 11.2. The van der Waals surface area contributed by atoms with Crippen LogP contribution in [0.5, 0.6) is 5.75 Å². The lowest BCUT2D eigenvalue weighted by Crippen LogP contribution is -3.00. The quantitative estimate of drug-likeness (QED) is 0.608. The average molecular weight is 260 g/mol. The van der Waals surface area contributed by atoms with Crippen LogP contribution in [0, 0.1) is 0 Å². The van der Waals surface area contributed by atoms with Gasteiger partial charge in [0.15, 0.2) is 0 Å². The lowest BCUT2D eigenvalue weighted by molar-refractivity contribution is -0.116.